The summed E-state index contributed by atoms with van der Waals surface area (Å²) in [7, 11) is -5.65. The van der Waals surface area contributed by atoms with Crippen LogP contribution >= 0.6 is 22.6 Å². The summed E-state index contributed by atoms with van der Waals surface area (Å²) in [6, 6.07) is 3.50. The number of ether oxygens (including phenoxy) is 2. The van der Waals surface area contributed by atoms with Crippen LogP contribution in [0.25, 0.3) is 0 Å². The molecule has 0 bridgehead atoms. The zero-order valence-corrected chi connectivity index (χ0v) is 42.3. The standard InChI is InChI=1S/C43H86INO5Si3/c1-15-53(16-2,17-3)43(26-20-18-19-21-27-43)47-32-35-30-37(49-40(35)39(45)31-36(46)29-34(4)23-22-28-44)24-25-38(50-52(13,14)42(8,9)10)33-48-51(11,12)41(5,6)7/h22,28,34-35,37-40H,15-21,23-27,29-33,45H2,1-14H3/b28-22+/t34-,35?,37-,38-,39+,40?/m1/s1. The van der Waals surface area contributed by atoms with Crippen LogP contribution in [0.4, 0.5) is 0 Å². The van der Waals surface area contributed by atoms with E-state index >= 15 is 0 Å². The molecular formula is C43H86INO5Si3. The number of hydrogen-bond donors (Lipinski definition) is 1. The number of carbonyl (C=O) groups excluding carboxylic acids is 1. The molecule has 10 heteroatoms. The highest BCUT2D eigenvalue weighted by Crippen LogP contribution is 2.46. The van der Waals surface area contributed by atoms with Crippen LogP contribution < -0.4 is 5.73 Å². The van der Waals surface area contributed by atoms with Crippen molar-refractivity contribution < 1.29 is 23.1 Å². The van der Waals surface area contributed by atoms with Gasteiger partial charge in [0.05, 0.1) is 44.8 Å². The van der Waals surface area contributed by atoms with Crippen LogP contribution in [0.3, 0.4) is 0 Å². The molecule has 53 heavy (non-hydrogen) atoms. The third-order valence-corrected chi connectivity index (χ3v) is 30.6. The molecule has 2 fully saturated rings. The number of carbonyl (C=O) groups is 1. The molecule has 0 aromatic carbocycles. The molecule has 1 aliphatic heterocycles. The van der Waals surface area contributed by atoms with Crippen molar-refractivity contribution in [3.05, 3.63) is 10.2 Å². The van der Waals surface area contributed by atoms with Gasteiger partial charge in [-0.3, -0.25) is 4.79 Å². The molecule has 2 rings (SSSR count). The summed E-state index contributed by atoms with van der Waals surface area (Å²) in [6.45, 7) is 34.0. The van der Waals surface area contributed by atoms with Gasteiger partial charge in [0.2, 0.25) is 0 Å². The lowest BCUT2D eigenvalue weighted by atomic mass is 9.90. The van der Waals surface area contributed by atoms with Gasteiger partial charge in [-0.15, -0.1) is 0 Å². The van der Waals surface area contributed by atoms with Gasteiger partial charge >= 0.3 is 0 Å². The molecule has 0 spiro atoms. The maximum atomic E-state index is 13.4. The average Bonchev–Trinajstić information content (AvgIpc) is 3.32. The Morgan fingerprint density at radius 2 is 1.49 bits per heavy atom. The summed E-state index contributed by atoms with van der Waals surface area (Å²) in [5, 5.41) is 0.281. The summed E-state index contributed by atoms with van der Waals surface area (Å²) in [5.74, 6) is 0.746. The minimum absolute atomic E-state index is 0.0229. The fourth-order valence-corrected chi connectivity index (χ4v) is 16.6. The summed E-state index contributed by atoms with van der Waals surface area (Å²) in [5.41, 5.74) is 7.02. The molecule has 0 aromatic rings. The van der Waals surface area contributed by atoms with Gasteiger partial charge in [0, 0.05) is 24.8 Å². The average molecular weight is 908 g/mol. The Labute approximate surface area is 345 Å². The highest BCUT2D eigenvalue weighted by molar-refractivity contribution is 14.1. The third-order valence-electron chi connectivity index (χ3n) is 14.5. The molecule has 6 atom stereocenters. The maximum Gasteiger partial charge on any atom is 0.192 e. The number of rotatable bonds is 22. The van der Waals surface area contributed by atoms with E-state index in [1.165, 1.54) is 56.7 Å². The molecule has 2 N–H and O–H groups in total. The van der Waals surface area contributed by atoms with Crippen molar-refractivity contribution in [2.24, 2.45) is 17.6 Å². The van der Waals surface area contributed by atoms with E-state index in [1.54, 1.807) is 0 Å². The normalized spacial score (nSPS) is 24.0. The Morgan fingerprint density at radius 3 is 2.00 bits per heavy atom. The fraction of sp³-hybridized carbons (Fsp3) is 0.930. The molecule has 0 amide bonds. The van der Waals surface area contributed by atoms with Gasteiger partial charge in [0.1, 0.15) is 5.78 Å². The molecule has 312 valence electrons. The topological polar surface area (TPSA) is 80.0 Å². The van der Waals surface area contributed by atoms with Crippen molar-refractivity contribution in [2.45, 2.75) is 230 Å². The van der Waals surface area contributed by atoms with Gasteiger partial charge in [0.15, 0.2) is 16.6 Å². The van der Waals surface area contributed by atoms with Gasteiger partial charge in [-0.1, -0.05) is 142 Å². The molecule has 2 aliphatic rings. The molecule has 6 nitrogen and oxygen atoms in total. The molecule has 0 radical (unpaired) electrons. The molecule has 2 unspecified atom stereocenters. The van der Waals surface area contributed by atoms with E-state index in [0.717, 1.165) is 25.7 Å². The first kappa shape index (κ1) is 49.7. The van der Waals surface area contributed by atoms with Crippen LogP contribution in [0, 0.1) is 11.8 Å². The minimum Gasteiger partial charge on any atom is -0.414 e. The number of Topliss-reactive ketones (excluding diaryl/α,β-unsaturated/α-hetero) is 1. The quantitative estimate of drug-likeness (QED) is 0.0662. The lowest BCUT2D eigenvalue weighted by Crippen LogP contribution is -2.59. The molecule has 1 aliphatic carbocycles. The van der Waals surface area contributed by atoms with Crippen molar-refractivity contribution >= 4 is 53.1 Å². The predicted molar refractivity (Wildman–Crippen MR) is 244 cm³/mol. The van der Waals surface area contributed by atoms with Crippen LogP contribution in [0.5, 0.6) is 0 Å². The van der Waals surface area contributed by atoms with Gasteiger partial charge in [-0.2, -0.15) is 0 Å². The van der Waals surface area contributed by atoms with E-state index in [9.17, 15) is 4.79 Å². The first-order valence-corrected chi connectivity index (χ1v) is 31.3. The van der Waals surface area contributed by atoms with E-state index in [0.29, 0.717) is 32.0 Å². The largest absolute Gasteiger partial charge is 0.414 e. The van der Waals surface area contributed by atoms with Crippen molar-refractivity contribution in [3.8, 4) is 0 Å². The van der Waals surface area contributed by atoms with Crippen LogP contribution in [0.1, 0.15) is 146 Å². The highest BCUT2D eigenvalue weighted by atomic mass is 127. The SMILES string of the molecule is CC[Si](CC)(CC)C1(OCC2C[C@@H](CC[C@H](CO[Si](C)(C)C(C)(C)C)O[Si](C)(C)C(C)(C)C)OC2[C@@H](N)CC(=O)C[C@H](C)C/C=C/I)CCCCCC1. The Balaban J connectivity index is 2.35. The van der Waals surface area contributed by atoms with E-state index in [2.05, 4.69) is 124 Å². The third kappa shape index (κ3) is 14.1. The van der Waals surface area contributed by atoms with Gasteiger partial charge < -0.3 is 24.1 Å². The van der Waals surface area contributed by atoms with E-state index in [4.69, 9.17) is 24.1 Å². The molecule has 1 saturated carbocycles. The monoisotopic (exact) mass is 907 g/mol. The zero-order chi connectivity index (χ0) is 40.3. The van der Waals surface area contributed by atoms with Crippen molar-refractivity contribution in [1.82, 2.24) is 0 Å². The molecule has 1 heterocycles. The fourth-order valence-electron chi connectivity index (χ4n) is 8.65. The Hall–Kier alpha value is 0.591. The lowest BCUT2D eigenvalue weighted by Gasteiger charge is -2.49. The predicted octanol–water partition coefficient (Wildman–Crippen LogP) is 12.8. The summed E-state index contributed by atoms with van der Waals surface area (Å²) < 4.78 is 30.4. The van der Waals surface area contributed by atoms with E-state index < -0.39 is 24.7 Å². The van der Waals surface area contributed by atoms with Gasteiger partial charge in [-0.05, 0) is 84.8 Å². The highest BCUT2D eigenvalue weighted by Gasteiger charge is 2.52. The number of halogens is 1. The van der Waals surface area contributed by atoms with Crippen molar-refractivity contribution in [3.63, 3.8) is 0 Å². The lowest BCUT2D eigenvalue weighted by molar-refractivity contribution is -0.121. The molecule has 0 aromatic heterocycles. The van der Waals surface area contributed by atoms with Crippen LogP contribution in [-0.4, -0.2) is 73.3 Å². The second kappa shape index (κ2) is 21.6. The van der Waals surface area contributed by atoms with E-state index in [1.807, 2.05) is 4.08 Å². The van der Waals surface area contributed by atoms with Crippen molar-refractivity contribution in [2.75, 3.05) is 13.2 Å². The number of allylic oxidation sites excluding steroid dienone is 1. The van der Waals surface area contributed by atoms with Crippen molar-refractivity contribution in [1.29, 1.82) is 0 Å². The summed E-state index contributed by atoms with van der Waals surface area (Å²) in [6.07, 6.45) is 14.2. The van der Waals surface area contributed by atoms with Gasteiger partial charge in [0.25, 0.3) is 0 Å². The van der Waals surface area contributed by atoms with Crippen LogP contribution in [0.15, 0.2) is 10.2 Å². The van der Waals surface area contributed by atoms with Crippen LogP contribution in [-0.2, 0) is 23.1 Å². The van der Waals surface area contributed by atoms with Gasteiger partial charge in [-0.25, -0.2) is 0 Å². The Kier molecular flexibility index (Phi) is 20.2. The zero-order valence-electron chi connectivity index (χ0n) is 37.1. The maximum absolute atomic E-state index is 13.4. The first-order chi connectivity index (χ1) is 24.5. The van der Waals surface area contributed by atoms with E-state index in [-0.39, 0.29) is 51.4 Å². The molecule has 1 saturated heterocycles. The Morgan fingerprint density at radius 1 is 0.925 bits per heavy atom. The first-order valence-electron chi connectivity index (χ1n) is 21.7. The smallest absolute Gasteiger partial charge is 0.192 e. The second-order valence-electron chi connectivity index (χ2n) is 20.2. The summed E-state index contributed by atoms with van der Waals surface area (Å²) >= 11 is 2.25. The second-order valence-corrected chi connectivity index (χ2v) is 36.1. The Bertz CT molecular complexity index is 1100. The summed E-state index contributed by atoms with van der Waals surface area (Å²) in [4.78, 5) is 13.4. The van der Waals surface area contributed by atoms with Crippen LogP contribution in [0.2, 0.25) is 54.4 Å². The number of nitrogens with two attached hydrogens (primary N) is 1. The minimum atomic E-state index is -2.03. The number of hydrogen-bond acceptors (Lipinski definition) is 6. The molecular weight excluding hydrogens is 822 g/mol. The number of ketones is 1.